The van der Waals surface area contributed by atoms with Crippen LogP contribution in [0.4, 0.5) is 0 Å². The minimum Gasteiger partial charge on any atom is -0.371 e. The third kappa shape index (κ3) is 1.80. The Morgan fingerprint density at radius 2 is 2.31 bits per heavy atom. The first kappa shape index (κ1) is 10.7. The fourth-order valence-electron chi connectivity index (χ4n) is 2.90. The van der Waals surface area contributed by atoms with Crippen LogP contribution in [0, 0.1) is 0 Å². The molecule has 2 unspecified atom stereocenters. The molecule has 1 saturated heterocycles. The molecule has 16 heavy (non-hydrogen) atoms. The van der Waals surface area contributed by atoms with E-state index in [0.29, 0.717) is 12.0 Å². The average Bonchev–Trinajstić information content (AvgIpc) is 2.75. The number of hydrogen-bond acceptors (Lipinski definition) is 4. The topological polar surface area (TPSA) is 38.5 Å². The Balaban J connectivity index is 1.86. The summed E-state index contributed by atoms with van der Waals surface area (Å²) in [7, 11) is 2.16. The standard InChI is InChI=1S/C12H18N2OS/c1-14-3-8(2-9(13)4-14)11-7-16-12-6-15-5-10(11)12/h7-9H,2-6,13H2,1H3. The molecule has 0 bridgehead atoms. The minimum atomic E-state index is 0.321. The Bertz CT molecular complexity index is 380. The summed E-state index contributed by atoms with van der Waals surface area (Å²) in [4.78, 5) is 3.77. The highest BCUT2D eigenvalue weighted by Crippen LogP contribution is 2.37. The number of piperidine rings is 1. The van der Waals surface area contributed by atoms with Crippen LogP contribution in [0.2, 0.25) is 0 Å². The predicted octanol–water partition coefficient (Wildman–Crippen LogP) is 1.52. The second kappa shape index (κ2) is 4.11. The number of hydrogen-bond donors (Lipinski definition) is 1. The molecular formula is C12H18N2OS. The van der Waals surface area contributed by atoms with Crippen LogP contribution in [0.3, 0.4) is 0 Å². The van der Waals surface area contributed by atoms with Crippen molar-refractivity contribution in [3.63, 3.8) is 0 Å². The summed E-state index contributed by atoms with van der Waals surface area (Å²) >= 11 is 1.85. The molecule has 1 aromatic heterocycles. The molecule has 3 rings (SSSR count). The second-order valence-electron chi connectivity index (χ2n) is 5.00. The Morgan fingerprint density at radius 1 is 1.44 bits per heavy atom. The van der Waals surface area contributed by atoms with Gasteiger partial charge in [0, 0.05) is 24.0 Å². The number of nitrogens with zero attached hydrogens (tertiary/aromatic N) is 1. The molecule has 2 atom stereocenters. The second-order valence-corrected chi connectivity index (χ2v) is 5.96. The monoisotopic (exact) mass is 238 g/mol. The molecule has 1 aromatic rings. The van der Waals surface area contributed by atoms with Gasteiger partial charge in [-0.05, 0) is 35.9 Å². The van der Waals surface area contributed by atoms with Crippen molar-refractivity contribution in [3.8, 4) is 0 Å². The molecule has 4 heteroatoms. The molecule has 3 nitrogen and oxygen atoms in total. The largest absolute Gasteiger partial charge is 0.371 e. The zero-order valence-corrected chi connectivity index (χ0v) is 10.4. The van der Waals surface area contributed by atoms with Gasteiger partial charge in [0.2, 0.25) is 0 Å². The highest BCUT2D eigenvalue weighted by Gasteiger charge is 2.28. The number of fused-ring (bicyclic) bond motifs is 1. The number of rotatable bonds is 1. The SMILES string of the molecule is CN1CC(N)CC(c2csc3c2COC3)C1. The van der Waals surface area contributed by atoms with Crippen LogP contribution in [0.15, 0.2) is 5.38 Å². The van der Waals surface area contributed by atoms with Crippen LogP contribution < -0.4 is 5.73 Å². The van der Waals surface area contributed by atoms with Crippen molar-refractivity contribution in [2.75, 3.05) is 20.1 Å². The third-order valence-corrected chi connectivity index (χ3v) is 4.62. The molecule has 3 heterocycles. The van der Waals surface area contributed by atoms with E-state index < -0.39 is 0 Å². The zero-order valence-electron chi connectivity index (χ0n) is 9.61. The van der Waals surface area contributed by atoms with Crippen LogP contribution in [0.1, 0.15) is 28.3 Å². The van der Waals surface area contributed by atoms with E-state index in [1.807, 2.05) is 11.3 Å². The summed E-state index contributed by atoms with van der Waals surface area (Å²) in [6.45, 7) is 3.79. The number of likely N-dealkylation sites (N-methyl/N-ethyl adjacent to an activating group) is 1. The van der Waals surface area contributed by atoms with Gasteiger partial charge in [0.05, 0.1) is 13.2 Å². The highest BCUT2D eigenvalue weighted by molar-refractivity contribution is 7.10. The first-order valence-corrected chi connectivity index (χ1v) is 6.73. The first-order chi connectivity index (χ1) is 7.74. The van der Waals surface area contributed by atoms with E-state index in [4.69, 9.17) is 10.5 Å². The third-order valence-electron chi connectivity index (χ3n) is 3.60. The molecule has 0 aromatic carbocycles. The van der Waals surface area contributed by atoms with Crippen LogP contribution in [0.25, 0.3) is 0 Å². The number of likely N-dealkylation sites (tertiary alicyclic amines) is 1. The summed E-state index contributed by atoms with van der Waals surface area (Å²) in [5.74, 6) is 0.607. The van der Waals surface area contributed by atoms with Gasteiger partial charge in [-0.2, -0.15) is 0 Å². The lowest BCUT2D eigenvalue weighted by Crippen LogP contribution is -2.44. The molecule has 2 aliphatic rings. The lowest BCUT2D eigenvalue weighted by atomic mass is 9.88. The molecule has 0 radical (unpaired) electrons. The van der Waals surface area contributed by atoms with E-state index in [1.54, 1.807) is 0 Å². The molecule has 0 spiro atoms. The van der Waals surface area contributed by atoms with Crippen LogP contribution in [-0.4, -0.2) is 31.1 Å². The van der Waals surface area contributed by atoms with Gasteiger partial charge < -0.3 is 15.4 Å². The van der Waals surface area contributed by atoms with E-state index in [2.05, 4.69) is 17.3 Å². The van der Waals surface area contributed by atoms with Crippen molar-refractivity contribution in [2.24, 2.45) is 5.73 Å². The molecule has 0 saturated carbocycles. The summed E-state index contributed by atoms with van der Waals surface area (Å²) < 4.78 is 5.51. The predicted molar refractivity (Wildman–Crippen MR) is 65.6 cm³/mol. The fraction of sp³-hybridized carbons (Fsp3) is 0.667. The average molecular weight is 238 g/mol. The van der Waals surface area contributed by atoms with Gasteiger partial charge in [-0.15, -0.1) is 11.3 Å². The molecular weight excluding hydrogens is 220 g/mol. The summed E-state index contributed by atoms with van der Waals surface area (Å²) in [6.07, 6.45) is 1.12. The minimum absolute atomic E-state index is 0.321. The Morgan fingerprint density at radius 3 is 3.12 bits per heavy atom. The van der Waals surface area contributed by atoms with Crippen molar-refractivity contribution in [1.29, 1.82) is 0 Å². The number of nitrogens with two attached hydrogens (primary N) is 1. The smallest absolute Gasteiger partial charge is 0.0817 e. The van der Waals surface area contributed by atoms with E-state index >= 15 is 0 Å². The van der Waals surface area contributed by atoms with Crippen LogP contribution >= 0.6 is 11.3 Å². The van der Waals surface area contributed by atoms with Crippen LogP contribution in [0.5, 0.6) is 0 Å². The van der Waals surface area contributed by atoms with E-state index in [0.717, 1.165) is 32.7 Å². The van der Waals surface area contributed by atoms with Gasteiger partial charge in [0.1, 0.15) is 0 Å². The van der Waals surface area contributed by atoms with Gasteiger partial charge in [0.15, 0.2) is 0 Å². The molecule has 0 aliphatic carbocycles. The summed E-state index contributed by atoms with van der Waals surface area (Å²) in [5.41, 5.74) is 9.05. The first-order valence-electron chi connectivity index (χ1n) is 5.85. The van der Waals surface area contributed by atoms with Gasteiger partial charge in [-0.25, -0.2) is 0 Å². The molecule has 2 N–H and O–H groups in total. The Kier molecular flexibility index (Phi) is 2.75. The Hall–Kier alpha value is -0.420. The van der Waals surface area contributed by atoms with Crippen molar-refractivity contribution >= 4 is 11.3 Å². The van der Waals surface area contributed by atoms with E-state index in [9.17, 15) is 0 Å². The molecule has 1 fully saturated rings. The maximum absolute atomic E-state index is 6.10. The fourth-order valence-corrected chi connectivity index (χ4v) is 3.98. The lowest BCUT2D eigenvalue weighted by molar-refractivity contribution is 0.134. The Labute approximate surface area is 100 Å². The lowest BCUT2D eigenvalue weighted by Gasteiger charge is -2.34. The van der Waals surface area contributed by atoms with Gasteiger partial charge in [-0.1, -0.05) is 0 Å². The number of thiophene rings is 1. The molecule has 88 valence electrons. The van der Waals surface area contributed by atoms with E-state index in [1.165, 1.54) is 16.0 Å². The maximum atomic E-state index is 6.10. The number of ether oxygens (including phenoxy) is 1. The van der Waals surface area contributed by atoms with Gasteiger partial charge in [-0.3, -0.25) is 0 Å². The summed E-state index contributed by atoms with van der Waals surface area (Å²) in [6, 6.07) is 0.321. The van der Waals surface area contributed by atoms with Crippen molar-refractivity contribution in [3.05, 3.63) is 21.4 Å². The van der Waals surface area contributed by atoms with Crippen molar-refractivity contribution in [1.82, 2.24) is 4.90 Å². The van der Waals surface area contributed by atoms with E-state index in [-0.39, 0.29) is 0 Å². The van der Waals surface area contributed by atoms with Crippen LogP contribution in [-0.2, 0) is 18.0 Å². The quantitative estimate of drug-likeness (QED) is 0.806. The van der Waals surface area contributed by atoms with Crippen molar-refractivity contribution < 1.29 is 4.74 Å². The van der Waals surface area contributed by atoms with Gasteiger partial charge in [0.25, 0.3) is 0 Å². The maximum Gasteiger partial charge on any atom is 0.0817 e. The van der Waals surface area contributed by atoms with Crippen molar-refractivity contribution in [2.45, 2.75) is 31.6 Å². The molecule has 2 aliphatic heterocycles. The normalized spacial score (nSPS) is 30.6. The summed E-state index contributed by atoms with van der Waals surface area (Å²) in [5, 5.41) is 2.32. The zero-order chi connectivity index (χ0) is 11.1. The molecule has 0 amide bonds. The van der Waals surface area contributed by atoms with Gasteiger partial charge >= 0.3 is 0 Å². The highest BCUT2D eigenvalue weighted by atomic mass is 32.1.